The van der Waals surface area contributed by atoms with Crippen LogP contribution >= 0.6 is 15.9 Å². The first kappa shape index (κ1) is 17.4. The summed E-state index contributed by atoms with van der Waals surface area (Å²) in [4.78, 5) is 22.4. The highest BCUT2D eigenvalue weighted by molar-refractivity contribution is 9.10. The van der Waals surface area contributed by atoms with Gasteiger partial charge in [-0.25, -0.2) is 14.8 Å². The Morgan fingerprint density at radius 2 is 1.90 bits per heavy atom. The fourth-order valence-electron chi connectivity index (χ4n) is 1.61. The number of carbonyl (C=O) groups excluding carboxylic acids is 1. The molecule has 1 amide bonds. The van der Waals surface area contributed by atoms with Gasteiger partial charge in [0.2, 0.25) is 0 Å². The minimum atomic E-state index is -0.611. The van der Waals surface area contributed by atoms with E-state index >= 15 is 0 Å². The number of ether oxygens (including phenoxy) is 1. The Balaban J connectivity index is 3.35. The van der Waals surface area contributed by atoms with Crippen molar-refractivity contribution in [3.05, 3.63) is 16.5 Å². The maximum atomic E-state index is 12.5. The summed E-state index contributed by atoms with van der Waals surface area (Å²) in [5.41, 5.74) is -0.888. The van der Waals surface area contributed by atoms with Gasteiger partial charge in [0.25, 0.3) is 0 Å². The summed E-state index contributed by atoms with van der Waals surface area (Å²) in [7, 11) is 0. The highest BCUT2D eigenvalue weighted by Crippen LogP contribution is 2.27. The summed E-state index contributed by atoms with van der Waals surface area (Å²) in [6.07, 6.45) is 6.46. The lowest BCUT2D eigenvalue weighted by Crippen LogP contribution is -2.49. The molecule has 1 aromatic heterocycles. The third-order valence-corrected chi connectivity index (χ3v) is 2.70. The molecule has 0 fully saturated rings. The van der Waals surface area contributed by atoms with E-state index in [0.717, 1.165) is 0 Å². The maximum Gasteiger partial charge on any atom is 0.416 e. The van der Waals surface area contributed by atoms with Crippen LogP contribution in [0.2, 0.25) is 0 Å². The lowest BCUT2D eigenvalue weighted by molar-refractivity contribution is 0.0548. The monoisotopic (exact) mass is 353 g/mol. The van der Waals surface area contributed by atoms with Gasteiger partial charge >= 0.3 is 6.09 Å². The van der Waals surface area contributed by atoms with Crippen molar-refractivity contribution in [3.8, 4) is 12.3 Å². The van der Waals surface area contributed by atoms with Gasteiger partial charge in [0, 0.05) is 5.54 Å². The van der Waals surface area contributed by atoms with Gasteiger partial charge in [-0.2, -0.15) is 0 Å². The predicted octanol–water partition coefficient (Wildman–Crippen LogP) is 3.76. The van der Waals surface area contributed by atoms with Gasteiger partial charge in [-0.15, -0.1) is 6.42 Å². The van der Waals surface area contributed by atoms with Crippen molar-refractivity contribution >= 4 is 27.8 Å². The first-order chi connectivity index (χ1) is 9.45. The number of amides is 1. The number of rotatable bonds is 1. The average molecular weight is 354 g/mol. The zero-order valence-corrected chi connectivity index (χ0v) is 14.8. The molecule has 114 valence electrons. The second kappa shape index (κ2) is 6.02. The van der Waals surface area contributed by atoms with Crippen molar-refractivity contribution < 1.29 is 9.53 Å². The lowest BCUT2D eigenvalue weighted by atomic mass is 10.1. The van der Waals surface area contributed by atoms with Crippen LogP contribution in [0.25, 0.3) is 0 Å². The summed E-state index contributed by atoms with van der Waals surface area (Å²) in [5, 5.41) is 0. The Kier molecular flexibility index (Phi) is 5.00. The second-order valence-electron chi connectivity index (χ2n) is 6.50. The van der Waals surface area contributed by atoms with Crippen LogP contribution in [-0.4, -0.2) is 27.2 Å². The molecule has 1 heterocycles. The largest absolute Gasteiger partial charge is 0.443 e. The third-order valence-electron chi connectivity index (χ3n) is 2.32. The summed E-state index contributed by atoms with van der Waals surface area (Å²) >= 11 is 3.22. The van der Waals surface area contributed by atoms with Crippen LogP contribution in [0, 0.1) is 12.3 Å². The van der Waals surface area contributed by atoms with Crippen LogP contribution in [0.3, 0.4) is 0 Å². The molecule has 0 saturated carbocycles. The molecule has 0 N–H and O–H groups in total. The van der Waals surface area contributed by atoms with Crippen molar-refractivity contribution in [2.45, 2.75) is 52.7 Å². The fourth-order valence-corrected chi connectivity index (χ4v) is 1.89. The molecule has 0 aliphatic rings. The Morgan fingerprint density at radius 1 is 1.33 bits per heavy atom. The SMILES string of the molecule is C#Cc1nc(Br)cnc1N(C(=O)OC(C)(C)C)C(C)(C)C. The third kappa shape index (κ3) is 4.71. The van der Waals surface area contributed by atoms with E-state index in [2.05, 4.69) is 31.8 Å². The zero-order valence-electron chi connectivity index (χ0n) is 13.2. The highest BCUT2D eigenvalue weighted by Gasteiger charge is 2.34. The smallest absolute Gasteiger partial charge is 0.416 e. The van der Waals surface area contributed by atoms with E-state index < -0.39 is 17.2 Å². The van der Waals surface area contributed by atoms with Crippen LogP contribution in [0.5, 0.6) is 0 Å². The Bertz CT molecular complexity index is 580. The molecule has 0 radical (unpaired) electrons. The van der Waals surface area contributed by atoms with E-state index in [0.29, 0.717) is 10.4 Å². The van der Waals surface area contributed by atoms with Crippen LogP contribution in [-0.2, 0) is 4.74 Å². The second-order valence-corrected chi connectivity index (χ2v) is 7.31. The summed E-state index contributed by atoms with van der Waals surface area (Å²) in [6.45, 7) is 11.0. The Hall–Kier alpha value is -1.61. The molecule has 6 heteroatoms. The van der Waals surface area contributed by atoms with Crippen LogP contribution in [0.15, 0.2) is 10.8 Å². The van der Waals surface area contributed by atoms with Crippen LogP contribution in [0.4, 0.5) is 10.6 Å². The number of hydrogen-bond acceptors (Lipinski definition) is 4. The van der Waals surface area contributed by atoms with E-state index in [1.807, 2.05) is 20.8 Å². The van der Waals surface area contributed by atoms with Gasteiger partial charge in [-0.3, -0.25) is 4.90 Å². The molecule has 0 bridgehead atoms. The van der Waals surface area contributed by atoms with Gasteiger partial charge in [0.15, 0.2) is 11.5 Å². The number of hydrogen-bond donors (Lipinski definition) is 0. The minimum absolute atomic E-state index is 0.283. The number of terminal acetylenes is 1. The van der Waals surface area contributed by atoms with E-state index in [9.17, 15) is 4.79 Å². The average Bonchev–Trinajstić information content (AvgIpc) is 2.27. The van der Waals surface area contributed by atoms with Gasteiger partial charge in [0.1, 0.15) is 10.2 Å². The van der Waals surface area contributed by atoms with Crippen LogP contribution < -0.4 is 4.90 Å². The van der Waals surface area contributed by atoms with Gasteiger partial charge < -0.3 is 4.74 Å². The molecular formula is C15H20BrN3O2. The Labute approximate surface area is 134 Å². The molecule has 0 aliphatic carbocycles. The predicted molar refractivity (Wildman–Crippen MR) is 86.1 cm³/mol. The van der Waals surface area contributed by atoms with Gasteiger partial charge in [-0.05, 0) is 63.4 Å². The van der Waals surface area contributed by atoms with Crippen molar-refractivity contribution in [3.63, 3.8) is 0 Å². The summed E-state index contributed by atoms with van der Waals surface area (Å²) in [6, 6.07) is 0. The molecule has 1 rings (SSSR count). The van der Waals surface area contributed by atoms with Crippen LogP contribution in [0.1, 0.15) is 47.2 Å². The lowest BCUT2D eigenvalue weighted by Gasteiger charge is -2.36. The number of carbonyl (C=O) groups is 1. The van der Waals surface area contributed by atoms with Crippen molar-refractivity contribution in [2.75, 3.05) is 4.90 Å². The van der Waals surface area contributed by atoms with Crippen molar-refractivity contribution in [1.29, 1.82) is 0 Å². The standard InChI is InChI=1S/C15H20BrN3O2/c1-8-10-12(17-9-11(16)18-10)19(14(2,3)4)13(20)21-15(5,6)7/h1,9H,2-7H3. The maximum absolute atomic E-state index is 12.5. The first-order valence-electron chi connectivity index (χ1n) is 6.48. The van der Waals surface area contributed by atoms with E-state index in [1.54, 1.807) is 20.8 Å². The quantitative estimate of drug-likeness (QED) is 0.721. The Morgan fingerprint density at radius 3 is 2.33 bits per heavy atom. The van der Waals surface area contributed by atoms with Crippen molar-refractivity contribution in [2.24, 2.45) is 0 Å². The molecule has 1 aromatic rings. The molecule has 0 aliphatic heterocycles. The van der Waals surface area contributed by atoms with E-state index in [-0.39, 0.29) is 5.69 Å². The summed E-state index contributed by atoms with van der Waals surface area (Å²) < 4.78 is 5.96. The number of nitrogens with zero attached hydrogens (tertiary/aromatic N) is 3. The summed E-state index contributed by atoms with van der Waals surface area (Å²) in [5.74, 6) is 2.76. The molecular weight excluding hydrogens is 334 g/mol. The minimum Gasteiger partial charge on any atom is -0.443 e. The zero-order chi connectivity index (χ0) is 16.4. The van der Waals surface area contributed by atoms with Gasteiger partial charge in [-0.1, -0.05) is 0 Å². The fraction of sp³-hybridized carbons (Fsp3) is 0.533. The first-order valence-corrected chi connectivity index (χ1v) is 7.27. The number of anilines is 1. The molecule has 0 atom stereocenters. The molecule has 0 aromatic carbocycles. The molecule has 5 nitrogen and oxygen atoms in total. The molecule has 0 saturated heterocycles. The normalized spacial score (nSPS) is 11.7. The number of halogens is 1. The molecule has 0 unspecified atom stereocenters. The molecule has 21 heavy (non-hydrogen) atoms. The molecule has 0 spiro atoms. The number of aromatic nitrogens is 2. The van der Waals surface area contributed by atoms with Crippen molar-refractivity contribution in [1.82, 2.24) is 9.97 Å². The van der Waals surface area contributed by atoms with E-state index in [4.69, 9.17) is 11.2 Å². The van der Waals surface area contributed by atoms with E-state index in [1.165, 1.54) is 11.1 Å². The highest BCUT2D eigenvalue weighted by atomic mass is 79.9. The topological polar surface area (TPSA) is 55.3 Å². The van der Waals surface area contributed by atoms with Gasteiger partial charge in [0.05, 0.1) is 6.20 Å².